The van der Waals surface area contributed by atoms with Crippen LogP contribution in [0.2, 0.25) is 0 Å². The number of esters is 1. The van der Waals surface area contributed by atoms with Gasteiger partial charge in [-0.15, -0.1) is 0 Å². The highest BCUT2D eigenvalue weighted by molar-refractivity contribution is 5.79. The van der Waals surface area contributed by atoms with Crippen LogP contribution in [0.25, 0.3) is 0 Å². The average Bonchev–Trinajstić information content (AvgIpc) is 2.29. The number of carbonyl (C=O) groups excluding carboxylic acids is 1. The molecule has 116 valence electrons. The predicted octanol–water partition coefficient (Wildman–Crippen LogP) is 3.28. The van der Waals surface area contributed by atoms with E-state index in [0.717, 1.165) is 16.7 Å². The van der Waals surface area contributed by atoms with E-state index in [-0.39, 0.29) is 6.42 Å². The fraction of sp³-hybridized carbons (Fsp3) is 0.529. The topological polar surface area (TPSA) is 63.6 Å². The molecule has 1 rings (SSSR count). The van der Waals surface area contributed by atoms with Crippen molar-refractivity contribution < 1.29 is 19.4 Å². The standard InChI is InChI=1S/C17H24O4/c1-11-7-6-8-12(2)14(11)9-13(16(19)20)10-15(18)21-17(3,4)5/h6-8,13H,9-10H2,1-5H3,(H,19,20)/t13-/m1/s1. The Labute approximate surface area is 126 Å². The molecule has 4 heteroatoms. The van der Waals surface area contributed by atoms with Crippen LogP contribution in [0.1, 0.15) is 43.9 Å². The molecule has 1 atom stereocenters. The molecular formula is C17H24O4. The second-order valence-electron chi connectivity index (χ2n) is 6.40. The van der Waals surface area contributed by atoms with Crippen LogP contribution in [0.15, 0.2) is 18.2 Å². The summed E-state index contributed by atoms with van der Waals surface area (Å²) < 4.78 is 5.21. The molecule has 4 nitrogen and oxygen atoms in total. The third-order valence-corrected chi connectivity index (χ3v) is 3.28. The molecule has 0 bridgehead atoms. The van der Waals surface area contributed by atoms with Gasteiger partial charge < -0.3 is 9.84 Å². The number of carboxylic acids is 1. The Morgan fingerprint density at radius 2 is 1.71 bits per heavy atom. The lowest BCUT2D eigenvalue weighted by Crippen LogP contribution is -2.28. The van der Waals surface area contributed by atoms with Gasteiger partial charge in [0.15, 0.2) is 0 Å². The van der Waals surface area contributed by atoms with Gasteiger partial charge in [-0.2, -0.15) is 0 Å². The fourth-order valence-electron chi connectivity index (χ4n) is 2.25. The lowest BCUT2D eigenvalue weighted by Gasteiger charge is -2.21. The van der Waals surface area contributed by atoms with Crippen LogP contribution in [0.4, 0.5) is 0 Å². The Morgan fingerprint density at radius 3 is 2.14 bits per heavy atom. The first-order valence-corrected chi connectivity index (χ1v) is 7.10. The van der Waals surface area contributed by atoms with E-state index in [1.54, 1.807) is 20.8 Å². The smallest absolute Gasteiger partial charge is 0.307 e. The molecule has 0 fully saturated rings. The van der Waals surface area contributed by atoms with Crippen molar-refractivity contribution in [1.82, 2.24) is 0 Å². The van der Waals surface area contributed by atoms with Gasteiger partial charge in [0.1, 0.15) is 5.60 Å². The molecule has 0 saturated heterocycles. The fourth-order valence-corrected chi connectivity index (χ4v) is 2.25. The second kappa shape index (κ2) is 6.74. The van der Waals surface area contributed by atoms with Crippen LogP contribution in [0.5, 0.6) is 0 Å². The molecule has 0 heterocycles. The zero-order valence-electron chi connectivity index (χ0n) is 13.4. The Balaban J connectivity index is 2.84. The van der Waals surface area contributed by atoms with Crippen molar-refractivity contribution >= 4 is 11.9 Å². The molecule has 0 aliphatic heterocycles. The highest BCUT2D eigenvalue weighted by atomic mass is 16.6. The molecule has 0 aromatic heterocycles. The van der Waals surface area contributed by atoms with Gasteiger partial charge in [0.25, 0.3) is 0 Å². The minimum Gasteiger partial charge on any atom is -0.481 e. The summed E-state index contributed by atoms with van der Waals surface area (Å²) in [4.78, 5) is 23.3. The number of carboxylic acid groups (broad SMARTS) is 1. The van der Waals surface area contributed by atoms with Crippen molar-refractivity contribution in [2.24, 2.45) is 5.92 Å². The number of rotatable bonds is 5. The number of hydrogen-bond acceptors (Lipinski definition) is 3. The second-order valence-corrected chi connectivity index (χ2v) is 6.40. The molecule has 0 amide bonds. The minimum absolute atomic E-state index is 0.111. The molecule has 0 aliphatic rings. The predicted molar refractivity (Wildman–Crippen MR) is 81.2 cm³/mol. The van der Waals surface area contributed by atoms with E-state index in [4.69, 9.17) is 4.74 Å². The molecule has 0 aliphatic carbocycles. The maximum absolute atomic E-state index is 11.8. The Bertz CT molecular complexity index is 506. The van der Waals surface area contributed by atoms with E-state index in [1.807, 2.05) is 32.0 Å². The van der Waals surface area contributed by atoms with Crippen LogP contribution in [0, 0.1) is 19.8 Å². The summed E-state index contributed by atoms with van der Waals surface area (Å²) in [5, 5.41) is 9.36. The van der Waals surface area contributed by atoms with Gasteiger partial charge >= 0.3 is 11.9 Å². The minimum atomic E-state index is -0.969. The molecule has 0 unspecified atom stereocenters. The van der Waals surface area contributed by atoms with Gasteiger partial charge in [-0.3, -0.25) is 9.59 Å². The van der Waals surface area contributed by atoms with Crippen LogP contribution < -0.4 is 0 Å². The van der Waals surface area contributed by atoms with Gasteiger partial charge in [0, 0.05) is 0 Å². The van der Waals surface area contributed by atoms with Gasteiger partial charge in [0.05, 0.1) is 12.3 Å². The third-order valence-electron chi connectivity index (χ3n) is 3.28. The van der Waals surface area contributed by atoms with Crippen LogP contribution in [-0.2, 0) is 20.7 Å². The van der Waals surface area contributed by atoms with E-state index in [2.05, 4.69) is 0 Å². The van der Waals surface area contributed by atoms with Crippen molar-refractivity contribution in [3.63, 3.8) is 0 Å². The number of aryl methyl sites for hydroxylation is 2. The van der Waals surface area contributed by atoms with E-state index in [1.165, 1.54) is 0 Å². The van der Waals surface area contributed by atoms with Crippen molar-refractivity contribution in [3.05, 3.63) is 34.9 Å². The molecule has 1 aromatic carbocycles. The molecule has 0 saturated carbocycles. The summed E-state index contributed by atoms with van der Waals surface area (Å²) in [6, 6.07) is 5.85. The van der Waals surface area contributed by atoms with E-state index >= 15 is 0 Å². The Hall–Kier alpha value is -1.84. The summed E-state index contributed by atoms with van der Waals surface area (Å²) in [6.45, 7) is 9.22. The zero-order chi connectivity index (χ0) is 16.2. The van der Waals surface area contributed by atoms with Gasteiger partial charge in [-0.25, -0.2) is 0 Å². The van der Waals surface area contributed by atoms with Crippen molar-refractivity contribution in [2.75, 3.05) is 0 Å². The molecule has 0 radical (unpaired) electrons. The summed E-state index contributed by atoms with van der Waals surface area (Å²) in [6.07, 6.45) is 0.230. The first-order chi connectivity index (χ1) is 9.60. The molecule has 0 spiro atoms. The quantitative estimate of drug-likeness (QED) is 0.846. The van der Waals surface area contributed by atoms with Gasteiger partial charge in [-0.1, -0.05) is 18.2 Å². The van der Waals surface area contributed by atoms with Crippen LogP contribution in [-0.4, -0.2) is 22.6 Å². The lowest BCUT2D eigenvalue weighted by atomic mass is 9.91. The maximum atomic E-state index is 11.8. The molecule has 21 heavy (non-hydrogen) atoms. The third kappa shape index (κ3) is 5.58. The van der Waals surface area contributed by atoms with Crippen molar-refractivity contribution in [1.29, 1.82) is 0 Å². The first-order valence-electron chi connectivity index (χ1n) is 7.10. The molecular weight excluding hydrogens is 268 g/mol. The van der Waals surface area contributed by atoms with Crippen LogP contribution in [0.3, 0.4) is 0 Å². The number of carbonyl (C=O) groups is 2. The van der Waals surface area contributed by atoms with Gasteiger partial charge in [-0.05, 0) is 57.7 Å². The summed E-state index contributed by atoms with van der Waals surface area (Å²) in [7, 11) is 0. The summed E-state index contributed by atoms with van der Waals surface area (Å²) >= 11 is 0. The number of ether oxygens (including phenoxy) is 1. The Morgan fingerprint density at radius 1 is 1.19 bits per heavy atom. The molecule has 1 N–H and O–H groups in total. The highest BCUT2D eigenvalue weighted by Crippen LogP contribution is 2.21. The zero-order valence-corrected chi connectivity index (χ0v) is 13.4. The SMILES string of the molecule is Cc1cccc(C)c1C[C@H](CC(=O)OC(C)(C)C)C(=O)O. The van der Waals surface area contributed by atoms with E-state index < -0.39 is 23.5 Å². The van der Waals surface area contributed by atoms with Crippen molar-refractivity contribution in [2.45, 2.75) is 53.1 Å². The van der Waals surface area contributed by atoms with E-state index in [9.17, 15) is 14.7 Å². The normalized spacial score (nSPS) is 12.8. The summed E-state index contributed by atoms with van der Waals surface area (Å²) in [5.74, 6) is -2.20. The largest absolute Gasteiger partial charge is 0.481 e. The number of aliphatic carboxylic acids is 1. The number of hydrogen-bond donors (Lipinski definition) is 1. The van der Waals surface area contributed by atoms with Crippen molar-refractivity contribution in [3.8, 4) is 0 Å². The van der Waals surface area contributed by atoms with Gasteiger partial charge in [0.2, 0.25) is 0 Å². The lowest BCUT2D eigenvalue weighted by molar-refractivity contribution is -0.159. The Kier molecular flexibility index (Phi) is 5.53. The van der Waals surface area contributed by atoms with Crippen LogP contribution >= 0.6 is 0 Å². The maximum Gasteiger partial charge on any atom is 0.307 e. The summed E-state index contributed by atoms with van der Waals surface area (Å²) in [5.41, 5.74) is 2.49. The number of benzene rings is 1. The molecule has 1 aromatic rings. The average molecular weight is 292 g/mol. The monoisotopic (exact) mass is 292 g/mol. The van der Waals surface area contributed by atoms with E-state index in [0.29, 0.717) is 6.42 Å². The first kappa shape index (κ1) is 17.2. The highest BCUT2D eigenvalue weighted by Gasteiger charge is 2.26.